The molecule has 0 amide bonds. The van der Waals surface area contributed by atoms with Gasteiger partial charge in [-0.25, -0.2) is 0 Å². The number of likely N-dealkylation sites (tertiary alicyclic amines) is 1. The summed E-state index contributed by atoms with van der Waals surface area (Å²) >= 11 is 0. The predicted octanol–water partition coefficient (Wildman–Crippen LogP) is 3.62. The molecule has 1 aliphatic heterocycles. The van der Waals surface area contributed by atoms with Gasteiger partial charge in [-0.15, -0.1) is 24.0 Å². The van der Waals surface area contributed by atoms with E-state index in [-0.39, 0.29) is 36.1 Å². The normalized spacial score (nSPS) is 16.6. The third kappa shape index (κ3) is 6.13. The molecule has 1 atom stereocenters. The monoisotopic (exact) mass is 498 g/mol. The summed E-state index contributed by atoms with van der Waals surface area (Å²) in [6.45, 7) is 2.61. The molecule has 6 nitrogen and oxygen atoms in total. The van der Waals surface area contributed by atoms with Crippen LogP contribution < -0.4 is 10.1 Å². The highest BCUT2D eigenvalue weighted by atomic mass is 127. The second-order valence-electron chi connectivity index (χ2n) is 7.04. The number of halogens is 1. The minimum absolute atomic E-state index is 0. The van der Waals surface area contributed by atoms with Gasteiger partial charge < -0.3 is 19.4 Å². The topological polar surface area (TPSA) is 53.2 Å². The van der Waals surface area contributed by atoms with Crippen LogP contribution in [0.2, 0.25) is 0 Å². The molecule has 1 aliphatic rings. The molecule has 0 aliphatic carbocycles. The molecular weight excluding hydrogens is 467 g/mol. The molecule has 2 aromatic rings. The standard InChI is InChI=1S/C21H30N4O2.HI/c1-22-21(23-16-19(24(2)3)20-10-7-15-26-20)25-13-11-18(12-14-25)27-17-8-5-4-6-9-17;/h4-10,15,18-19H,11-14,16H2,1-3H3,(H,22,23);1H. The van der Waals surface area contributed by atoms with Gasteiger partial charge in [-0.3, -0.25) is 9.89 Å². The SMILES string of the molecule is CN=C(NCC(c1ccco1)N(C)C)N1CCC(Oc2ccccc2)CC1.I. The van der Waals surface area contributed by atoms with Crippen LogP contribution in [0.1, 0.15) is 24.6 Å². The van der Waals surface area contributed by atoms with Crippen LogP contribution in [0.4, 0.5) is 0 Å². The van der Waals surface area contributed by atoms with Crippen LogP contribution in [0.5, 0.6) is 5.75 Å². The van der Waals surface area contributed by atoms with Gasteiger partial charge in [0, 0.05) is 39.5 Å². The first kappa shape index (κ1) is 22.5. The highest BCUT2D eigenvalue weighted by molar-refractivity contribution is 14.0. The quantitative estimate of drug-likeness (QED) is 0.375. The number of nitrogens with one attached hydrogen (secondary N) is 1. The van der Waals surface area contributed by atoms with Gasteiger partial charge in [-0.05, 0) is 38.4 Å². The fourth-order valence-electron chi connectivity index (χ4n) is 3.42. The molecule has 0 bridgehead atoms. The predicted molar refractivity (Wildman–Crippen MR) is 124 cm³/mol. The molecule has 0 saturated carbocycles. The van der Waals surface area contributed by atoms with Crippen molar-refractivity contribution in [2.24, 2.45) is 4.99 Å². The van der Waals surface area contributed by atoms with Crippen molar-refractivity contribution in [1.29, 1.82) is 0 Å². The number of hydrogen-bond donors (Lipinski definition) is 1. The number of benzene rings is 1. The first-order chi connectivity index (χ1) is 13.2. The zero-order valence-electron chi connectivity index (χ0n) is 16.9. The molecule has 0 radical (unpaired) electrons. The summed E-state index contributed by atoms with van der Waals surface area (Å²) in [5.74, 6) is 2.84. The molecule has 1 saturated heterocycles. The summed E-state index contributed by atoms with van der Waals surface area (Å²) in [5.41, 5.74) is 0. The maximum absolute atomic E-state index is 6.09. The molecule has 154 valence electrons. The van der Waals surface area contributed by atoms with E-state index in [1.807, 2.05) is 49.5 Å². The zero-order chi connectivity index (χ0) is 19.1. The van der Waals surface area contributed by atoms with E-state index in [4.69, 9.17) is 9.15 Å². The Bertz CT molecular complexity index is 698. The molecule has 1 aromatic carbocycles. The fraction of sp³-hybridized carbons (Fsp3) is 0.476. The van der Waals surface area contributed by atoms with Crippen LogP contribution in [-0.2, 0) is 0 Å². The Labute approximate surface area is 185 Å². The summed E-state index contributed by atoms with van der Waals surface area (Å²) < 4.78 is 11.7. The van der Waals surface area contributed by atoms with Crippen LogP contribution >= 0.6 is 24.0 Å². The minimum Gasteiger partial charge on any atom is -0.490 e. The van der Waals surface area contributed by atoms with Crippen LogP contribution in [0.15, 0.2) is 58.1 Å². The van der Waals surface area contributed by atoms with Crippen molar-refractivity contribution in [2.45, 2.75) is 25.0 Å². The van der Waals surface area contributed by atoms with Crippen LogP contribution in [-0.4, -0.2) is 62.6 Å². The van der Waals surface area contributed by atoms with E-state index in [0.29, 0.717) is 0 Å². The lowest BCUT2D eigenvalue weighted by Gasteiger charge is -2.35. The number of rotatable bonds is 6. The van der Waals surface area contributed by atoms with Crippen LogP contribution in [0.25, 0.3) is 0 Å². The molecule has 2 heterocycles. The smallest absolute Gasteiger partial charge is 0.193 e. The van der Waals surface area contributed by atoms with E-state index in [1.165, 1.54) is 0 Å². The summed E-state index contributed by atoms with van der Waals surface area (Å²) in [6, 6.07) is 14.2. The summed E-state index contributed by atoms with van der Waals surface area (Å²) in [4.78, 5) is 8.93. The van der Waals surface area contributed by atoms with Crippen molar-refractivity contribution in [3.05, 3.63) is 54.5 Å². The van der Waals surface area contributed by atoms with Gasteiger partial charge in [0.1, 0.15) is 17.6 Å². The number of piperidine rings is 1. The van der Waals surface area contributed by atoms with E-state index in [2.05, 4.69) is 34.2 Å². The lowest BCUT2D eigenvalue weighted by atomic mass is 10.1. The maximum atomic E-state index is 6.09. The Hall–Kier alpha value is -1.74. The van der Waals surface area contributed by atoms with Gasteiger partial charge in [0.25, 0.3) is 0 Å². The molecule has 1 aromatic heterocycles. The van der Waals surface area contributed by atoms with E-state index >= 15 is 0 Å². The first-order valence-electron chi connectivity index (χ1n) is 9.54. The molecule has 3 rings (SSSR count). The molecule has 1 N–H and O–H groups in total. The Morgan fingerprint density at radius 3 is 2.50 bits per heavy atom. The average Bonchev–Trinajstić information content (AvgIpc) is 3.21. The number of ether oxygens (including phenoxy) is 1. The third-order valence-electron chi connectivity index (χ3n) is 4.95. The average molecular weight is 498 g/mol. The largest absolute Gasteiger partial charge is 0.490 e. The zero-order valence-corrected chi connectivity index (χ0v) is 19.2. The van der Waals surface area contributed by atoms with Gasteiger partial charge in [-0.1, -0.05) is 18.2 Å². The first-order valence-corrected chi connectivity index (χ1v) is 9.54. The maximum Gasteiger partial charge on any atom is 0.193 e. The van der Waals surface area contributed by atoms with Crippen molar-refractivity contribution in [3.8, 4) is 5.75 Å². The number of nitrogens with zero attached hydrogens (tertiary/aromatic N) is 3. The Balaban J connectivity index is 0.00000280. The van der Waals surface area contributed by atoms with Crippen LogP contribution in [0, 0.1) is 0 Å². The summed E-state index contributed by atoms with van der Waals surface area (Å²) in [7, 11) is 5.96. The highest BCUT2D eigenvalue weighted by Crippen LogP contribution is 2.20. The third-order valence-corrected chi connectivity index (χ3v) is 4.95. The lowest BCUT2D eigenvalue weighted by Crippen LogP contribution is -2.49. The highest BCUT2D eigenvalue weighted by Gasteiger charge is 2.24. The van der Waals surface area contributed by atoms with E-state index in [1.54, 1.807) is 6.26 Å². The van der Waals surface area contributed by atoms with Crippen molar-refractivity contribution in [3.63, 3.8) is 0 Å². The van der Waals surface area contributed by atoms with E-state index < -0.39 is 0 Å². The second kappa shape index (κ2) is 11.3. The molecule has 0 spiro atoms. The Morgan fingerprint density at radius 2 is 1.93 bits per heavy atom. The van der Waals surface area contributed by atoms with Gasteiger partial charge in [-0.2, -0.15) is 0 Å². The van der Waals surface area contributed by atoms with Crippen molar-refractivity contribution in [2.75, 3.05) is 40.8 Å². The fourth-order valence-corrected chi connectivity index (χ4v) is 3.42. The lowest BCUT2D eigenvalue weighted by molar-refractivity contribution is 0.129. The minimum atomic E-state index is 0. The number of hydrogen-bond acceptors (Lipinski definition) is 4. The number of para-hydroxylation sites is 1. The number of guanidine groups is 1. The molecule has 1 unspecified atom stereocenters. The molecular formula is C21H31IN4O2. The van der Waals surface area contributed by atoms with Crippen molar-refractivity contribution >= 4 is 29.9 Å². The van der Waals surface area contributed by atoms with Crippen molar-refractivity contribution < 1.29 is 9.15 Å². The number of likely N-dealkylation sites (N-methyl/N-ethyl adjacent to an activating group) is 1. The Kier molecular flexibility index (Phi) is 9.11. The van der Waals surface area contributed by atoms with Gasteiger partial charge >= 0.3 is 0 Å². The Morgan fingerprint density at radius 1 is 1.21 bits per heavy atom. The number of furan rings is 1. The summed E-state index contributed by atoms with van der Waals surface area (Å²) in [6.07, 6.45) is 3.97. The van der Waals surface area contributed by atoms with Gasteiger partial charge in [0.2, 0.25) is 0 Å². The molecule has 7 heteroatoms. The van der Waals surface area contributed by atoms with Crippen molar-refractivity contribution in [1.82, 2.24) is 15.1 Å². The molecule has 28 heavy (non-hydrogen) atoms. The number of aliphatic imine (C=N–C) groups is 1. The molecule has 1 fully saturated rings. The van der Waals surface area contributed by atoms with Gasteiger partial charge in [0.05, 0.1) is 12.3 Å². The van der Waals surface area contributed by atoms with E-state index in [9.17, 15) is 0 Å². The summed E-state index contributed by atoms with van der Waals surface area (Å²) in [5, 5.41) is 3.51. The van der Waals surface area contributed by atoms with Crippen LogP contribution in [0.3, 0.4) is 0 Å². The second-order valence-corrected chi connectivity index (χ2v) is 7.04. The van der Waals surface area contributed by atoms with E-state index in [0.717, 1.165) is 49.9 Å². The van der Waals surface area contributed by atoms with Gasteiger partial charge in [0.15, 0.2) is 5.96 Å².